The summed E-state index contributed by atoms with van der Waals surface area (Å²) < 4.78 is 13.8. The van der Waals surface area contributed by atoms with E-state index >= 15 is 0 Å². The van der Waals surface area contributed by atoms with E-state index in [-0.39, 0.29) is 11.9 Å². The number of halogens is 2. The topological polar surface area (TPSA) is 51.8 Å². The van der Waals surface area contributed by atoms with Crippen LogP contribution in [0.25, 0.3) is 0 Å². The summed E-state index contributed by atoms with van der Waals surface area (Å²) in [6.45, 7) is 3.86. The summed E-state index contributed by atoms with van der Waals surface area (Å²) in [5, 5.41) is 8.69. The highest BCUT2D eigenvalue weighted by molar-refractivity contribution is 6.30. The first-order valence-corrected chi connectivity index (χ1v) is 6.91. The molecule has 2 aromatic rings. The molecule has 1 unspecified atom stereocenters. The molecule has 1 heterocycles. The lowest BCUT2D eigenvalue weighted by atomic mass is 9.97. The van der Waals surface area contributed by atoms with E-state index in [0.29, 0.717) is 17.0 Å². The zero-order chi connectivity index (χ0) is 14.7. The second kappa shape index (κ2) is 6.29. The number of rotatable bonds is 4. The minimum Gasteiger partial charge on any atom is -0.324 e. The van der Waals surface area contributed by atoms with E-state index in [1.165, 1.54) is 12.1 Å². The van der Waals surface area contributed by atoms with Crippen molar-refractivity contribution in [2.45, 2.75) is 32.7 Å². The molecule has 1 aromatic carbocycles. The van der Waals surface area contributed by atoms with Crippen LogP contribution < -0.4 is 5.73 Å². The van der Waals surface area contributed by atoms with Crippen molar-refractivity contribution in [1.29, 1.82) is 0 Å². The van der Waals surface area contributed by atoms with Crippen molar-refractivity contribution in [1.82, 2.24) is 10.2 Å². The Morgan fingerprint density at radius 2 is 2.05 bits per heavy atom. The van der Waals surface area contributed by atoms with Gasteiger partial charge in [0.2, 0.25) is 0 Å². The summed E-state index contributed by atoms with van der Waals surface area (Å²) in [7, 11) is 0. The highest BCUT2D eigenvalue weighted by Gasteiger charge is 2.15. The van der Waals surface area contributed by atoms with Gasteiger partial charge in [-0.25, -0.2) is 4.39 Å². The van der Waals surface area contributed by atoms with E-state index in [1.54, 1.807) is 6.07 Å². The molecule has 5 heteroatoms. The molecule has 0 radical (unpaired) electrons. The number of hydrogen-bond acceptors (Lipinski definition) is 3. The number of hydrogen-bond donors (Lipinski definition) is 1. The molecule has 1 atom stereocenters. The number of benzene rings is 1. The molecule has 0 aliphatic heterocycles. The number of aryl methyl sites for hydroxylation is 2. The summed E-state index contributed by atoms with van der Waals surface area (Å²) in [4.78, 5) is 0. The molecule has 0 aliphatic carbocycles. The van der Waals surface area contributed by atoms with Crippen LogP contribution in [0.2, 0.25) is 5.02 Å². The van der Waals surface area contributed by atoms with Crippen molar-refractivity contribution in [3.8, 4) is 0 Å². The fourth-order valence-electron chi connectivity index (χ4n) is 2.18. The third-order valence-electron chi connectivity index (χ3n) is 3.21. The second-order valence-corrected chi connectivity index (χ2v) is 5.22. The molecule has 0 saturated carbocycles. The summed E-state index contributed by atoms with van der Waals surface area (Å²) in [5.74, 6) is -0.290. The fraction of sp³-hybridized carbons (Fsp3) is 0.333. The van der Waals surface area contributed by atoms with Crippen molar-refractivity contribution < 1.29 is 4.39 Å². The predicted molar refractivity (Wildman–Crippen MR) is 78.2 cm³/mol. The van der Waals surface area contributed by atoms with Gasteiger partial charge in [-0.15, -0.1) is 0 Å². The SMILES string of the molecule is CCc1nnc(C)cc1C(N)Cc1cc(Cl)ccc1F. The maximum absolute atomic E-state index is 13.8. The molecule has 0 spiro atoms. The maximum Gasteiger partial charge on any atom is 0.126 e. The Kier molecular flexibility index (Phi) is 4.68. The lowest BCUT2D eigenvalue weighted by Crippen LogP contribution is -2.17. The number of nitrogens with two attached hydrogens (primary N) is 1. The lowest BCUT2D eigenvalue weighted by molar-refractivity contribution is 0.590. The minimum atomic E-state index is -0.327. The number of aromatic nitrogens is 2. The summed E-state index contributed by atoms with van der Waals surface area (Å²) in [6, 6.07) is 6.10. The van der Waals surface area contributed by atoms with Gasteiger partial charge in [-0.05, 0) is 55.2 Å². The van der Waals surface area contributed by atoms with Crippen LogP contribution in [0.15, 0.2) is 24.3 Å². The Hall–Kier alpha value is -1.52. The van der Waals surface area contributed by atoms with Crippen molar-refractivity contribution in [2.75, 3.05) is 0 Å². The summed E-state index contributed by atoms with van der Waals surface area (Å²) >= 11 is 5.90. The van der Waals surface area contributed by atoms with Gasteiger partial charge in [0.05, 0.1) is 11.4 Å². The van der Waals surface area contributed by atoms with Gasteiger partial charge in [-0.2, -0.15) is 10.2 Å². The largest absolute Gasteiger partial charge is 0.324 e. The zero-order valence-corrected chi connectivity index (χ0v) is 12.3. The average Bonchev–Trinajstić information content (AvgIpc) is 2.42. The standard InChI is InChI=1S/C15H17ClFN3/c1-3-15-12(6-9(2)19-20-15)14(18)8-10-7-11(16)4-5-13(10)17/h4-7,14H,3,8,18H2,1-2H3. The van der Waals surface area contributed by atoms with Gasteiger partial charge in [0.15, 0.2) is 0 Å². The first kappa shape index (κ1) is 14.9. The molecule has 3 nitrogen and oxygen atoms in total. The third kappa shape index (κ3) is 3.32. The van der Waals surface area contributed by atoms with Gasteiger partial charge in [-0.3, -0.25) is 0 Å². The van der Waals surface area contributed by atoms with E-state index in [4.69, 9.17) is 17.3 Å². The Balaban J connectivity index is 2.30. The maximum atomic E-state index is 13.8. The average molecular weight is 294 g/mol. The molecule has 1 aromatic heterocycles. The van der Waals surface area contributed by atoms with E-state index in [1.807, 2.05) is 19.9 Å². The first-order chi connectivity index (χ1) is 9.51. The van der Waals surface area contributed by atoms with Crippen molar-refractivity contribution in [3.63, 3.8) is 0 Å². The van der Waals surface area contributed by atoms with Gasteiger partial charge in [0.25, 0.3) is 0 Å². The summed E-state index contributed by atoms with van der Waals surface area (Å²) in [5.41, 5.74) is 9.30. The molecule has 2 N–H and O–H groups in total. The van der Waals surface area contributed by atoms with Crippen molar-refractivity contribution in [3.05, 3.63) is 57.6 Å². The van der Waals surface area contributed by atoms with Crippen LogP contribution >= 0.6 is 11.6 Å². The highest BCUT2D eigenvalue weighted by atomic mass is 35.5. The van der Waals surface area contributed by atoms with E-state index in [0.717, 1.165) is 23.4 Å². The molecule has 0 saturated heterocycles. The van der Waals surface area contributed by atoms with Gasteiger partial charge in [0.1, 0.15) is 5.82 Å². The van der Waals surface area contributed by atoms with Crippen LogP contribution in [0.5, 0.6) is 0 Å². The molecule has 2 rings (SSSR count). The van der Waals surface area contributed by atoms with Crippen molar-refractivity contribution in [2.24, 2.45) is 5.73 Å². The Bertz CT molecular complexity index is 616. The lowest BCUT2D eigenvalue weighted by Gasteiger charge is -2.16. The number of nitrogens with zero attached hydrogens (tertiary/aromatic N) is 2. The monoisotopic (exact) mass is 293 g/mol. The van der Waals surface area contributed by atoms with Gasteiger partial charge in [-0.1, -0.05) is 18.5 Å². The Morgan fingerprint density at radius 3 is 2.75 bits per heavy atom. The van der Waals surface area contributed by atoms with Gasteiger partial charge in [0, 0.05) is 11.1 Å². The molecule has 0 bridgehead atoms. The Morgan fingerprint density at radius 1 is 1.30 bits per heavy atom. The molecular formula is C15H17ClFN3. The van der Waals surface area contributed by atoms with Crippen LogP contribution in [0, 0.1) is 12.7 Å². The van der Waals surface area contributed by atoms with Crippen LogP contribution in [0.3, 0.4) is 0 Å². The van der Waals surface area contributed by atoms with Crippen LogP contribution in [0.4, 0.5) is 4.39 Å². The highest BCUT2D eigenvalue weighted by Crippen LogP contribution is 2.23. The predicted octanol–water partition coefficient (Wildman–Crippen LogP) is 3.38. The molecule has 0 fully saturated rings. The van der Waals surface area contributed by atoms with Crippen molar-refractivity contribution >= 4 is 11.6 Å². The minimum absolute atomic E-state index is 0.290. The summed E-state index contributed by atoms with van der Waals surface area (Å²) in [6.07, 6.45) is 1.12. The Labute approximate surface area is 123 Å². The molecular weight excluding hydrogens is 277 g/mol. The molecule has 20 heavy (non-hydrogen) atoms. The van der Waals surface area contributed by atoms with E-state index < -0.39 is 0 Å². The normalized spacial score (nSPS) is 12.4. The fourth-order valence-corrected chi connectivity index (χ4v) is 2.37. The van der Waals surface area contributed by atoms with Crippen LogP contribution in [0.1, 0.15) is 35.5 Å². The molecule has 0 amide bonds. The van der Waals surface area contributed by atoms with Crippen LogP contribution in [-0.2, 0) is 12.8 Å². The molecule has 106 valence electrons. The quantitative estimate of drug-likeness (QED) is 0.940. The third-order valence-corrected chi connectivity index (χ3v) is 3.44. The second-order valence-electron chi connectivity index (χ2n) is 4.79. The zero-order valence-electron chi connectivity index (χ0n) is 11.5. The van der Waals surface area contributed by atoms with E-state index in [2.05, 4.69) is 10.2 Å². The van der Waals surface area contributed by atoms with Crippen LogP contribution in [-0.4, -0.2) is 10.2 Å². The van der Waals surface area contributed by atoms with E-state index in [9.17, 15) is 4.39 Å². The smallest absolute Gasteiger partial charge is 0.126 e. The van der Waals surface area contributed by atoms with Gasteiger partial charge >= 0.3 is 0 Å². The molecule has 0 aliphatic rings. The first-order valence-electron chi connectivity index (χ1n) is 6.54. The van der Waals surface area contributed by atoms with Gasteiger partial charge < -0.3 is 5.73 Å².